The molecule has 0 radical (unpaired) electrons. The van der Waals surface area contributed by atoms with E-state index in [2.05, 4.69) is 5.32 Å². The molecule has 96 valence electrons. The summed E-state index contributed by atoms with van der Waals surface area (Å²) in [6.07, 6.45) is 1.08. The average Bonchev–Trinajstić information content (AvgIpc) is 2.36. The van der Waals surface area contributed by atoms with Crippen molar-refractivity contribution in [2.24, 2.45) is 11.7 Å². The molecule has 1 unspecified atom stereocenters. The first-order valence-corrected chi connectivity index (χ1v) is 5.80. The van der Waals surface area contributed by atoms with E-state index in [1.165, 1.54) is 18.2 Å². The number of anilines is 1. The van der Waals surface area contributed by atoms with Crippen LogP contribution in [0, 0.1) is 23.1 Å². The maximum absolute atomic E-state index is 13.3. The third kappa shape index (κ3) is 3.54. The molecule has 1 atom stereocenters. The summed E-state index contributed by atoms with van der Waals surface area (Å²) in [7, 11) is 0. The van der Waals surface area contributed by atoms with Crippen molar-refractivity contribution in [3.8, 4) is 6.07 Å². The smallest absolute Gasteiger partial charge is 0.224 e. The largest absolute Gasteiger partial charge is 0.330 e. The fraction of sp³-hybridized carbons (Fsp3) is 0.385. The minimum Gasteiger partial charge on any atom is -0.330 e. The molecule has 5 heteroatoms. The fourth-order valence-corrected chi connectivity index (χ4v) is 1.60. The van der Waals surface area contributed by atoms with Crippen molar-refractivity contribution < 1.29 is 9.18 Å². The van der Waals surface area contributed by atoms with Crippen LogP contribution in [0.1, 0.15) is 25.3 Å². The Kier molecular flexibility index (Phi) is 5.28. The molecular weight excluding hydrogens is 233 g/mol. The highest BCUT2D eigenvalue weighted by molar-refractivity contribution is 5.92. The highest BCUT2D eigenvalue weighted by Gasteiger charge is 2.13. The molecular formula is C13H16FN3O. The molecule has 0 aliphatic rings. The Balaban J connectivity index is 2.77. The van der Waals surface area contributed by atoms with Gasteiger partial charge in [0.15, 0.2) is 0 Å². The molecule has 0 saturated carbocycles. The molecule has 0 aliphatic carbocycles. The minimum atomic E-state index is -0.638. The van der Waals surface area contributed by atoms with E-state index in [0.29, 0.717) is 6.54 Å². The highest BCUT2D eigenvalue weighted by Crippen LogP contribution is 2.18. The van der Waals surface area contributed by atoms with Crippen LogP contribution in [0.4, 0.5) is 10.1 Å². The molecule has 1 aromatic carbocycles. The zero-order chi connectivity index (χ0) is 13.5. The number of halogens is 1. The fourth-order valence-electron chi connectivity index (χ4n) is 1.60. The van der Waals surface area contributed by atoms with E-state index < -0.39 is 5.82 Å². The van der Waals surface area contributed by atoms with E-state index in [0.717, 1.165) is 6.42 Å². The SMILES string of the molecule is CCC(CN)CC(=O)Nc1cccc(F)c1C#N. The lowest BCUT2D eigenvalue weighted by Gasteiger charge is -2.12. The first kappa shape index (κ1) is 14.1. The Morgan fingerprint density at radius 1 is 1.61 bits per heavy atom. The lowest BCUT2D eigenvalue weighted by Crippen LogP contribution is -2.22. The van der Waals surface area contributed by atoms with Crippen LogP contribution in [0.3, 0.4) is 0 Å². The quantitative estimate of drug-likeness (QED) is 0.837. The number of amides is 1. The number of hydrogen-bond acceptors (Lipinski definition) is 3. The van der Waals surface area contributed by atoms with Crippen molar-refractivity contribution in [3.63, 3.8) is 0 Å². The predicted molar refractivity (Wildman–Crippen MR) is 67.2 cm³/mol. The van der Waals surface area contributed by atoms with E-state index in [1.807, 2.05) is 6.92 Å². The third-order valence-corrected chi connectivity index (χ3v) is 2.78. The van der Waals surface area contributed by atoms with Crippen LogP contribution >= 0.6 is 0 Å². The van der Waals surface area contributed by atoms with Gasteiger partial charge in [0.05, 0.1) is 5.69 Å². The first-order chi connectivity index (χ1) is 8.62. The maximum atomic E-state index is 13.3. The van der Waals surface area contributed by atoms with Crippen LogP contribution in [-0.2, 0) is 4.79 Å². The Morgan fingerprint density at radius 3 is 2.89 bits per heavy atom. The standard InChI is InChI=1S/C13H16FN3O/c1-2-9(7-15)6-13(18)17-12-5-3-4-11(14)10(12)8-16/h3-5,9H,2,6-7,15H2,1H3,(H,17,18). The molecule has 1 rings (SSSR count). The zero-order valence-electron chi connectivity index (χ0n) is 10.2. The number of rotatable bonds is 5. The van der Waals surface area contributed by atoms with Crippen molar-refractivity contribution >= 4 is 11.6 Å². The van der Waals surface area contributed by atoms with Crippen molar-refractivity contribution in [3.05, 3.63) is 29.6 Å². The van der Waals surface area contributed by atoms with Gasteiger partial charge in [-0.2, -0.15) is 5.26 Å². The van der Waals surface area contributed by atoms with Crippen LogP contribution in [0.2, 0.25) is 0 Å². The normalized spacial score (nSPS) is 11.7. The van der Waals surface area contributed by atoms with Gasteiger partial charge in [0.1, 0.15) is 17.4 Å². The van der Waals surface area contributed by atoms with Crippen LogP contribution in [-0.4, -0.2) is 12.5 Å². The molecule has 0 aromatic heterocycles. The molecule has 0 saturated heterocycles. The number of nitrogens with zero attached hydrogens (tertiary/aromatic N) is 1. The molecule has 3 N–H and O–H groups in total. The minimum absolute atomic E-state index is 0.101. The van der Waals surface area contributed by atoms with Crippen LogP contribution in [0.15, 0.2) is 18.2 Å². The second-order valence-electron chi connectivity index (χ2n) is 4.04. The molecule has 1 aromatic rings. The molecule has 0 spiro atoms. The number of carbonyl (C=O) groups excluding carboxylic acids is 1. The summed E-state index contributed by atoms with van der Waals surface area (Å²) < 4.78 is 13.3. The molecule has 0 bridgehead atoms. The summed E-state index contributed by atoms with van der Waals surface area (Å²) in [6, 6.07) is 5.87. The lowest BCUT2D eigenvalue weighted by atomic mass is 10.0. The van der Waals surface area contributed by atoms with E-state index in [1.54, 1.807) is 6.07 Å². The molecule has 0 heterocycles. The molecule has 0 fully saturated rings. The van der Waals surface area contributed by atoms with Gasteiger partial charge in [-0.1, -0.05) is 19.4 Å². The number of carbonyl (C=O) groups is 1. The predicted octanol–water partition coefficient (Wildman–Crippen LogP) is 2.01. The number of hydrogen-bond donors (Lipinski definition) is 2. The average molecular weight is 249 g/mol. The Morgan fingerprint density at radius 2 is 2.33 bits per heavy atom. The Hall–Kier alpha value is -1.93. The third-order valence-electron chi connectivity index (χ3n) is 2.78. The summed E-state index contributed by atoms with van der Waals surface area (Å²) in [5.41, 5.74) is 5.57. The lowest BCUT2D eigenvalue weighted by molar-refractivity contribution is -0.117. The van der Waals surface area contributed by atoms with Crippen molar-refractivity contribution in [1.82, 2.24) is 0 Å². The summed E-state index contributed by atoms with van der Waals surface area (Å²) in [6.45, 7) is 2.38. The summed E-state index contributed by atoms with van der Waals surface area (Å²) >= 11 is 0. The van der Waals surface area contributed by atoms with Gasteiger partial charge in [-0.3, -0.25) is 4.79 Å². The van der Waals surface area contributed by atoms with Crippen molar-refractivity contribution in [1.29, 1.82) is 5.26 Å². The monoisotopic (exact) mass is 249 g/mol. The van der Waals surface area contributed by atoms with Gasteiger partial charge in [-0.25, -0.2) is 4.39 Å². The van der Waals surface area contributed by atoms with Crippen molar-refractivity contribution in [2.75, 3.05) is 11.9 Å². The number of benzene rings is 1. The molecule has 18 heavy (non-hydrogen) atoms. The summed E-state index contributed by atoms with van der Waals surface area (Å²) in [5, 5.41) is 11.4. The maximum Gasteiger partial charge on any atom is 0.224 e. The van der Waals surface area contributed by atoms with E-state index in [-0.39, 0.29) is 29.5 Å². The van der Waals surface area contributed by atoms with Gasteiger partial charge in [0.2, 0.25) is 5.91 Å². The van der Waals surface area contributed by atoms with Crippen molar-refractivity contribution in [2.45, 2.75) is 19.8 Å². The number of nitrogens with one attached hydrogen (secondary N) is 1. The number of nitriles is 1. The van der Waals surface area contributed by atoms with E-state index in [9.17, 15) is 9.18 Å². The Bertz CT molecular complexity index is 464. The molecule has 4 nitrogen and oxygen atoms in total. The van der Waals surface area contributed by atoms with Gasteiger partial charge in [0, 0.05) is 6.42 Å². The summed E-state index contributed by atoms with van der Waals surface area (Å²) in [4.78, 5) is 11.7. The van der Waals surface area contributed by atoms with Gasteiger partial charge in [-0.05, 0) is 24.6 Å². The summed E-state index contributed by atoms with van der Waals surface area (Å²) in [5.74, 6) is -0.792. The van der Waals surface area contributed by atoms with Gasteiger partial charge >= 0.3 is 0 Å². The second-order valence-corrected chi connectivity index (χ2v) is 4.04. The molecule has 1 amide bonds. The van der Waals surface area contributed by atoms with Gasteiger partial charge in [-0.15, -0.1) is 0 Å². The van der Waals surface area contributed by atoms with Crippen LogP contribution in [0.25, 0.3) is 0 Å². The van der Waals surface area contributed by atoms with Crippen LogP contribution in [0.5, 0.6) is 0 Å². The molecule has 0 aliphatic heterocycles. The second kappa shape index (κ2) is 6.72. The zero-order valence-corrected chi connectivity index (χ0v) is 10.2. The van der Waals surface area contributed by atoms with Crippen LogP contribution < -0.4 is 11.1 Å². The highest BCUT2D eigenvalue weighted by atomic mass is 19.1. The van der Waals surface area contributed by atoms with E-state index in [4.69, 9.17) is 11.0 Å². The number of nitrogens with two attached hydrogens (primary N) is 1. The van der Waals surface area contributed by atoms with Gasteiger partial charge in [0.25, 0.3) is 0 Å². The Labute approximate surface area is 106 Å². The van der Waals surface area contributed by atoms with Gasteiger partial charge < -0.3 is 11.1 Å². The first-order valence-electron chi connectivity index (χ1n) is 5.80. The van der Waals surface area contributed by atoms with E-state index >= 15 is 0 Å². The topological polar surface area (TPSA) is 78.9 Å².